The van der Waals surface area contributed by atoms with Crippen LogP contribution >= 0.6 is 0 Å². The molecular formula is C17H21F3N2Si. The average molecular weight is 338 g/mol. The second-order valence-electron chi connectivity index (χ2n) is 6.33. The fourth-order valence-electron chi connectivity index (χ4n) is 3.43. The molecule has 0 aliphatic heterocycles. The summed E-state index contributed by atoms with van der Waals surface area (Å²) >= 11 is 0. The van der Waals surface area contributed by atoms with Gasteiger partial charge in [0.2, 0.25) is 0 Å². The third-order valence-corrected chi connectivity index (χ3v) is 10.4. The summed E-state index contributed by atoms with van der Waals surface area (Å²) in [5.41, 5.74) is 0.693. The van der Waals surface area contributed by atoms with Crippen molar-refractivity contribution in [3.05, 3.63) is 48.3 Å². The van der Waals surface area contributed by atoms with Crippen molar-refractivity contribution >= 4 is 18.7 Å². The van der Waals surface area contributed by atoms with Gasteiger partial charge in [0, 0.05) is 12.4 Å². The zero-order valence-corrected chi connectivity index (χ0v) is 14.7. The number of rotatable bonds is 4. The molecule has 1 aromatic carbocycles. The molecule has 0 aliphatic rings. The van der Waals surface area contributed by atoms with Gasteiger partial charge in [0.25, 0.3) is 0 Å². The summed E-state index contributed by atoms with van der Waals surface area (Å²) in [6.07, 6.45) is -0.903. The fourth-order valence-corrected chi connectivity index (χ4v) is 8.68. The van der Waals surface area contributed by atoms with Crippen LogP contribution in [0, 0.1) is 0 Å². The summed E-state index contributed by atoms with van der Waals surface area (Å²) in [6, 6.07) is 7.34. The summed E-state index contributed by atoms with van der Waals surface area (Å²) in [7, 11) is -2.37. The Hall–Kier alpha value is -1.69. The topological polar surface area (TPSA) is 25.8 Å². The molecule has 124 valence electrons. The maximum Gasteiger partial charge on any atom is 0.416 e. The summed E-state index contributed by atoms with van der Waals surface area (Å²) in [5, 5.41) is 0.946. The van der Waals surface area contributed by atoms with Gasteiger partial charge in [-0.25, -0.2) is 9.97 Å². The highest BCUT2D eigenvalue weighted by Crippen LogP contribution is 2.33. The minimum absolute atomic E-state index is 0.265. The molecule has 0 spiro atoms. The van der Waals surface area contributed by atoms with Crippen LogP contribution in [0.3, 0.4) is 0 Å². The molecule has 2 nitrogen and oxygen atoms in total. The largest absolute Gasteiger partial charge is 0.416 e. The van der Waals surface area contributed by atoms with Gasteiger partial charge in [-0.15, -0.1) is 0 Å². The molecular weight excluding hydrogens is 317 g/mol. The van der Waals surface area contributed by atoms with E-state index in [9.17, 15) is 13.2 Å². The van der Waals surface area contributed by atoms with E-state index in [4.69, 9.17) is 0 Å². The lowest BCUT2D eigenvalue weighted by atomic mass is 10.2. The number of hydrogen-bond donors (Lipinski definition) is 0. The SMILES string of the molecule is CC(C)[Si](c1ccc(C(F)(F)F)cc1)(c1ncccn1)C(C)C. The van der Waals surface area contributed by atoms with Gasteiger partial charge in [-0.2, -0.15) is 13.2 Å². The van der Waals surface area contributed by atoms with E-state index in [1.807, 2.05) is 0 Å². The highest BCUT2D eigenvalue weighted by atomic mass is 28.3. The minimum atomic E-state index is -4.32. The van der Waals surface area contributed by atoms with Crippen molar-refractivity contribution in [1.82, 2.24) is 9.97 Å². The van der Waals surface area contributed by atoms with Crippen LogP contribution in [0.25, 0.3) is 0 Å². The lowest BCUT2D eigenvalue weighted by Crippen LogP contribution is -2.64. The summed E-state index contributed by atoms with van der Waals surface area (Å²) < 4.78 is 38.5. The van der Waals surface area contributed by atoms with E-state index in [1.165, 1.54) is 12.1 Å². The Morgan fingerprint density at radius 3 is 1.74 bits per heavy atom. The lowest BCUT2D eigenvalue weighted by Gasteiger charge is -2.38. The van der Waals surface area contributed by atoms with Crippen molar-refractivity contribution in [2.45, 2.75) is 45.0 Å². The molecule has 0 radical (unpaired) electrons. The van der Waals surface area contributed by atoms with Gasteiger partial charge in [-0.1, -0.05) is 52.0 Å². The Bertz CT molecular complexity index is 629. The maximum atomic E-state index is 12.8. The highest BCUT2D eigenvalue weighted by molar-refractivity contribution is 7.03. The van der Waals surface area contributed by atoms with Crippen molar-refractivity contribution in [2.75, 3.05) is 0 Å². The number of hydrogen-bond acceptors (Lipinski definition) is 2. The van der Waals surface area contributed by atoms with Crippen molar-refractivity contribution in [3.63, 3.8) is 0 Å². The molecule has 23 heavy (non-hydrogen) atoms. The van der Waals surface area contributed by atoms with E-state index in [2.05, 4.69) is 37.7 Å². The fraction of sp³-hybridized carbons (Fsp3) is 0.412. The Morgan fingerprint density at radius 2 is 1.35 bits per heavy atom. The molecule has 0 atom stereocenters. The smallest absolute Gasteiger partial charge is 0.246 e. The normalized spacial score (nSPS) is 12.9. The molecule has 1 heterocycles. The second kappa shape index (κ2) is 6.43. The van der Waals surface area contributed by atoms with Gasteiger partial charge in [0.05, 0.1) is 5.56 Å². The summed E-state index contributed by atoms with van der Waals surface area (Å²) in [6.45, 7) is 8.45. The van der Waals surface area contributed by atoms with E-state index in [0.29, 0.717) is 0 Å². The first-order valence-electron chi connectivity index (χ1n) is 7.66. The zero-order valence-electron chi connectivity index (χ0n) is 13.7. The van der Waals surface area contributed by atoms with Crippen LogP contribution in [0.2, 0.25) is 11.1 Å². The molecule has 0 fully saturated rings. The quantitative estimate of drug-likeness (QED) is 0.791. The molecule has 0 N–H and O–H groups in total. The van der Waals surface area contributed by atoms with Crippen LogP contribution in [-0.2, 0) is 6.18 Å². The molecule has 0 saturated carbocycles. The highest BCUT2D eigenvalue weighted by Gasteiger charge is 2.46. The van der Waals surface area contributed by atoms with E-state index in [1.54, 1.807) is 30.6 Å². The van der Waals surface area contributed by atoms with E-state index >= 15 is 0 Å². The Balaban J connectivity index is 2.63. The van der Waals surface area contributed by atoms with Gasteiger partial charge in [0.1, 0.15) is 5.45 Å². The number of alkyl halides is 3. The molecule has 2 rings (SSSR count). The molecule has 6 heteroatoms. The average Bonchev–Trinajstić information content (AvgIpc) is 2.48. The lowest BCUT2D eigenvalue weighted by molar-refractivity contribution is -0.137. The van der Waals surface area contributed by atoms with Gasteiger partial charge in [0.15, 0.2) is 8.07 Å². The van der Waals surface area contributed by atoms with Crippen LogP contribution < -0.4 is 10.6 Å². The van der Waals surface area contributed by atoms with Crippen molar-refractivity contribution < 1.29 is 13.2 Å². The number of nitrogens with zero attached hydrogens (tertiary/aromatic N) is 2. The molecule has 0 amide bonds. The Kier molecular flexibility index (Phi) is 4.94. The molecule has 0 bridgehead atoms. The van der Waals surface area contributed by atoms with Crippen LogP contribution in [0.4, 0.5) is 13.2 Å². The molecule has 2 aromatic rings. The zero-order chi connectivity index (χ0) is 17.3. The predicted octanol–water partition coefficient (Wildman–Crippen LogP) is 3.88. The second-order valence-corrected chi connectivity index (χ2v) is 11.4. The van der Waals surface area contributed by atoms with Crippen LogP contribution in [-0.4, -0.2) is 18.0 Å². The van der Waals surface area contributed by atoms with Gasteiger partial charge >= 0.3 is 6.18 Å². The van der Waals surface area contributed by atoms with E-state index in [-0.39, 0.29) is 11.1 Å². The van der Waals surface area contributed by atoms with E-state index < -0.39 is 19.8 Å². The number of aromatic nitrogens is 2. The molecule has 0 saturated heterocycles. The van der Waals surface area contributed by atoms with Crippen LogP contribution in [0.1, 0.15) is 33.3 Å². The van der Waals surface area contributed by atoms with Gasteiger partial charge in [-0.05, 0) is 22.3 Å². The Morgan fingerprint density at radius 1 is 0.870 bits per heavy atom. The standard InChI is InChI=1S/C17H21F3N2Si/c1-12(2)23(13(3)4,16-21-10-5-11-22-16)15-8-6-14(7-9-15)17(18,19)20/h5-13H,1-4H3. The van der Waals surface area contributed by atoms with Crippen molar-refractivity contribution in [3.8, 4) is 0 Å². The summed E-state index contributed by atoms with van der Waals surface area (Å²) in [5.74, 6) is 0. The molecule has 1 aromatic heterocycles. The monoisotopic (exact) mass is 338 g/mol. The van der Waals surface area contributed by atoms with E-state index in [0.717, 1.165) is 10.6 Å². The minimum Gasteiger partial charge on any atom is -0.246 e. The number of benzene rings is 1. The van der Waals surface area contributed by atoms with Crippen molar-refractivity contribution in [1.29, 1.82) is 0 Å². The maximum absolute atomic E-state index is 12.8. The molecule has 0 unspecified atom stereocenters. The van der Waals surface area contributed by atoms with Crippen LogP contribution in [0.15, 0.2) is 42.7 Å². The number of halogens is 3. The summed E-state index contributed by atoms with van der Waals surface area (Å²) in [4.78, 5) is 8.94. The third-order valence-electron chi connectivity index (χ3n) is 4.45. The Labute approximate surface area is 135 Å². The third kappa shape index (κ3) is 3.17. The first-order valence-corrected chi connectivity index (χ1v) is 9.81. The predicted molar refractivity (Wildman–Crippen MR) is 88.7 cm³/mol. The first-order chi connectivity index (χ1) is 10.7. The van der Waals surface area contributed by atoms with Crippen LogP contribution in [0.5, 0.6) is 0 Å². The van der Waals surface area contributed by atoms with Gasteiger partial charge < -0.3 is 0 Å². The molecule has 0 aliphatic carbocycles. The van der Waals surface area contributed by atoms with Gasteiger partial charge in [-0.3, -0.25) is 0 Å². The van der Waals surface area contributed by atoms with Crippen molar-refractivity contribution in [2.24, 2.45) is 0 Å². The first kappa shape index (κ1) is 17.7.